The zero-order chi connectivity index (χ0) is 9.43. The molecule has 2 heterocycles. The summed E-state index contributed by atoms with van der Waals surface area (Å²) in [6, 6.07) is 9.14. The molecule has 1 N–H and O–H groups in total. The smallest absolute Gasteiger partial charge is 0.123 e. The summed E-state index contributed by atoms with van der Waals surface area (Å²) in [6.45, 7) is 2.16. The van der Waals surface area contributed by atoms with Crippen molar-refractivity contribution in [2.45, 2.75) is 24.9 Å². The SMILES string of the molecule is [c]1ccc2c(c1)CC1(CCNCC1)O2. The molecule has 2 aliphatic rings. The van der Waals surface area contributed by atoms with Crippen molar-refractivity contribution >= 4 is 0 Å². The number of nitrogens with one attached hydrogen (secondary N) is 1. The molecule has 2 nitrogen and oxygen atoms in total. The van der Waals surface area contributed by atoms with Gasteiger partial charge in [-0.3, -0.25) is 0 Å². The summed E-state index contributed by atoms with van der Waals surface area (Å²) in [5, 5.41) is 3.37. The van der Waals surface area contributed by atoms with Crippen LogP contribution in [0.25, 0.3) is 0 Å². The number of fused-ring (bicyclic) bond motifs is 1. The lowest BCUT2D eigenvalue weighted by atomic mass is 9.88. The molecule has 2 aliphatic heterocycles. The van der Waals surface area contributed by atoms with Crippen LogP contribution < -0.4 is 10.1 Å². The minimum atomic E-state index is 0.1000. The zero-order valence-corrected chi connectivity index (χ0v) is 8.18. The molecule has 0 unspecified atom stereocenters. The second kappa shape index (κ2) is 2.99. The molecular weight excluding hydrogens is 174 g/mol. The first kappa shape index (κ1) is 8.30. The summed E-state index contributed by atoms with van der Waals surface area (Å²) in [5.74, 6) is 1.07. The normalized spacial score (nSPS) is 23.1. The van der Waals surface area contributed by atoms with Crippen LogP contribution in [-0.4, -0.2) is 18.7 Å². The van der Waals surface area contributed by atoms with Crippen LogP contribution in [0.3, 0.4) is 0 Å². The number of piperidine rings is 1. The van der Waals surface area contributed by atoms with Crippen LogP contribution in [-0.2, 0) is 6.42 Å². The lowest BCUT2D eigenvalue weighted by Gasteiger charge is -2.33. The standard InChI is InChI=1S/C12H14NO/c1-2-4-11-10(3-1)9-12(14-11)5-7-13-8-6-12/h2-4,13H,5-9H2. The fraction of sp³-hybridized carbons (Fsp3) is 0.500. The molecule has 1 fully saturated rings. The van der Waals surface area contributed by atoms with Crippen LogP contribution in [0.15, 0.2) is 18.2 Å². The molecule has 1 radical (unpaired) electrons. The first-order valence-corrected chi connectivity index (χ1v) is 5.27. The summed E-state index contributed by atoms with van der Waals surface area (Å²) in [5.41, 5.74) is 1.43. The van der Waals surface area contributed by atoms with Gasteiger partial charge in [-0.05, 0) is 49.7 Å². The van der Waals surface area contributed by atoms with Crippen molar-refractivity contribution in [3.05, 3.63) is 29.8 Å². The molecule has 3 rings (SSSR count). The van der Waals surface area contributed by atoms with E-state index in [1.807, 2.05) is 12.1 Å². The van der Waals surface area contributed by atoms with Crippen molar-refractivity contribution in [2.75, 3.05) is 13.1 Å². The van der Waals surface area contributed by atoms with Gasteiger partial charge in [-0.15, -0.1) is 0 Å². The van der Waals surface area contributed by atoms with E-state index in [4.69, 9.17) is 4.74 Å². The maximum Gasteiger partial charge on any atom is 0.123 e. The molecule has 1 spiro atoms. The molecule has 1 aromatic carbocycles. The highest BCUT2D eigenvalue weighted by atomic mass is 16.5. The van der Waals surface area contributed by atoms with E-state index in [2.05, 4.69) is 17.4 Å². The quantitative estimate of drug-likeness (QED) is 0.667. The Balaban J connectivity index is 1.89. The molecule has 0 aromatic heterocycles. The third-order valence-electron chi connectivity index (χ3n) is 3.26. The molecule has 0 saturated carbocycles. The van der Waals surface area contributed by atoms with Crippen LogP contribution in [0.4, 0.5) is 0 Å². The van der Waals surface area contributed by atoms with Gasteiger partial charge in [0.15, 0.2) is 0 Å². The van der Waals surface area contributed by atoms with Gasteiger partial charge in [-0.2, -0.15) is 0 Å². The van der Waals surface area contributed by atoms with Gasteiger partial charge in [0.05, 0.1) is 0 Å². The fourth-order valence-electron chi connectivity index (χ4n) is 2.47. The summed E-state index contributed by atoms with van der Waals surface area (Å²) in [4.78, 5) is 0. The predicted octanol–water partition coefficient (Wildman–Crippen LogP) is 1.54. The second-order valence-corrected chi connectivity index (χ2v) is 4.25. The highest BCUT2D eigenvalue weighted by Gasteiger charge is 2.39. The van der Waals surface area contributed by atoms with Crippen molar-refractivity contribution in [3.63, 3.8) is 0 Å². The van der Waals surface area contributed by atoms with Crippen LogP contribution >= 0.6 is 0 Å². The van der Waals surface area contributed by atoms with Gasteiger partial charge in [-0.1, -0.05) is 6.07 Å². The Morgan fingerprint density at radius 2 is 2.21 bits per heavy atom. The number of ether oxygens (including phenoxy) is 1. The summed E-state index contributed by atoms with van der Waals surface area (Å²) in [6.07, 6.45) is 3.32. The van der Waals surface area contributed by atoms with E-state index in [9.17, 15) is 0 Å². The summed E-state index contributed by atoms with van der Waals surface area (Å²) < 4.78 is 6.08. The van der Waals surface area contributed by atoms with Gasteiger partial charge < -0.3 is 10.1 Å². The first-order chi connectivity index (χ1) is 6.88. The second-order valence-electron chi connectivity index (χ2n) is 4.25. The number of hydrogen-bond donors (Lipinski definition) is 1. The molecule has 0 amide bonds. The Hall–Kier alpha value is -1.02. The maximum absolute atomic E-state index is 6.08. The molecule has 2 heteroatoms. The van der Waals surface area contributed by atoms with Gasteiger partial charge in [0.1, 0.15) is 11.4 Å². The van der Waals surface area contributed by atoms with Crippen LogP contribution in [0.1, 0.15) is 18.4 Å². The van der Waals surface area contributed by atoms with Crippen molar-refractivity contribution in [2.24, 2.45) is 0 Å². The Bertz CT molecular complexity index is 315. The number of benzene rings is 1. The van der Waals surface area contributed by atoms with E-state index in [1.165, 1.54) is 5.56 Å². The minimum Gasteiger partial charge on any atom is -0.487 e. The molecule has 0 atom stereocenters. The van der Waals surface area contributed by atoms with Crippen molar-refractivity contribution in [3.8, 4) is 5.75 Å². The molecular formula is C12H14NO. The zero-order valence-electron chi connectivity index (χ0n) is 8.18. The van der Waals surface area contributed by atoms with E-state index in [0.717, 1.165) is 38.1 Å². The Labute approximate surface area is 84.3 Å². The monoisotopic (exact) mass is 188 g/mol. The van der Waals surface area contributed by atoms with Crippen molar-refractivity contribution < 1.29 is 4.74 Å². The predicted molar refractivity (Wildman–Crippen MR) is 54.4 cm³/mol. The van der Waals surface area contributed by atoms with Crippen molar-refractivity contribution in [1.29, 1.82) is 0 Å². The lowest BCUT2D eigenvalue weighted by Crippen LogP contribution is -2.45. The van der Waals surface area contributed by atoms with Crippen LogP contribution in [0, 0.1) is 6.07 Å². The Morgan fingerprint density at radius 3 is 3.00 bits per heavy atom. The molecule has 14 heavy (non-hydrogen) atoms. The highest BCUT2D eigenvalue weighted by molar-refractivity contribution is 5.38. The largest absolute Gasteiger partial charge is 0.487 e. The maximum atomic E-state index is 6.08. The molecule has 73 valence electrons. The topological polar surface area (TPSA) is 21.3 Å². The third-order valence-corrected chi connectivity index (χ3v) is 3.26. The average Bonchev–Trinajstić information content (AvgIpc) is 2.56. The Kier molecular flexibility index (Phi) is 1.77. The van der Waals surface area contributed by atoms with Crippen LogP contribution in [0.5, 0.6) is 5.75 Å². The Morgan fingerprint density at radius 1 is 1.36 bits per heavy atom. The molecule has 0 bridgehead atoms. The van der Waals surface area contributed by atoms with E-state index in [0.29, 0.717) is 0 Å². The fourth-order valence-corrected chi connectivity index (χ4v) is 2.47. The van der Waals surface area contributed by atoms with Crippen molar-refractivity contribution in [1.82, 2.24) is 5.32 Å². The summed E-state index contributed by atoms with van der Waals surface area (Å²) >= 11 is 0. The van der Waals surface area contributed by atoms with E-state index >= 15 is 0 Å². The number of hydrogen-bond acceptors (Lipinski definition) is 2. The van der Waals surface area contributed by atoms with Gasteiger partial charge >= 0.3 is 0 Å². The van der Waals surface area contributed by atoms with E-state index < -0.39 is 0 Å². The van der Waals surface area contributed by atoms with E-state index in [1.54, 1.807) is 0 Å². The van der Waals surface area contributed by atoms with Gasteiger partial charge in [0, 0.05) is 6.42 Å². The van der Waals surface area contributed by atoms with Gasteiger partial charge in [-0.25, -0.2) is 0 Å². The molecule has 1 saturated heterocycles. The first-order valence-electron chi connectivity index (χ1n) is 5.27. The average molecular weight is 188 g/mol. The molecule has 1 aromatic rings. The van der Waals surface area contributed by atoms with E-state index in [-0.39, 0.29) is 5.60 Å². The minimum absolute atomic E-state index is 0.1000. The third kappa shape index (κ3) is 1.22. The number of rotatable bonds is 0. The lowest BCUT2D eigenvalue weighted by molar-refractivity contribution is 0.0600. The summed E-state index contributed by atoms with van der Waals surface area (Å²) in [7, 11) is 0. The van der Waals surface area contributed by atoms with Crippen LogP contribution in [0.2, 0.25) is 0 Å². The van der Waals surface area contributed by atoms with Gasteiger partial charge in [0.25, 0.3) is 0 Å². The van der Waals surface area contributed by atoms with Gasteiger partial charge in [0.2, 0.25) is 0 Å². The molecule has 0 aliphatic carbocycles. The highest BCUT2D eigenvalue weighted by Crippen LogP contribution is 2.39.